The lowest BCUT2D eigenvalue weighted by molar-refractivity contribution is 0.0992. The van der Waals surface area contributed by atoms with Crippen LogP contribution in [0, 0.1) is 5.82 Å². The zero-order chi connectivity index (χ0) is 24.7. The lowest BCUT2D eigenvalue weighted by Crippen LogP contribution is -1.96. The largest absolute Gasteiger partial charge is 0.361 e. The van der Waals surface area contributed by atoms with E-state index >= 15 is 0 Å². The number of nitrogens with one attached hydrogen (secondary N) is 1. The van der Waals surface area contributed by atoms with E-state index in [4.69, 9.17) is 0 Å². The SMILES string of the molecule is O=C(N=[N+]=NCCc1c[nH]c2ccc(-c3ccccc3)cc12)c1ccc(Cc2cccc(F)c2)cc1. The number of carbonyl (C=O) groups excluding carboxylic acids is 1. The highest BCUT2D eigenvalue weighted by atomic mass is 19.1. The maximum Gasteiger partial charge on any atom is 0.360 e. The average Bonchev–Trinajstić information content (AvgIpc) is 3.31. The molecule has 1 heterocycles. The van der Waals surface area contributed by atoms with Gasteiger partial charge in [-0.3, -0.25) is 4.79 Å². The molecular weight excluding hydrogens is 451 g/mol. The Labute approximate surface area is 208 Å². The molecule has 5 aromatic rings. The first-order valence-electron chi connectivity index (χ1n) is 11.8. The van der Waals surface area contributed by atoms with Gasteiger partial charge in [-0.25, -0.2) is 4.39 Å². The highest BCUT2D eigenvalue weighted by molar-refractivity contribution is 5.94. The van der Waals surface area contributed by atoms with E-state index in [1.807, 2.05) is 42.6 Å². The molecule has 0 bridgehead atoms. The summed E-state index contributed by atoms with van der Waals surface area (Å²) in [6, 6.07) is 30.2. The monoisotopic (exact) mass is 475 g/mol. The molecular formula is C30H24FN4O+. The summed E-state index contributed by atoms with van der Waals surface area (Å²) >= 11 is 0. The fourth-order valence-corrected chi connectivity index (χ4v) is 4.19. The number of fused-ring (bicyclic) bond motifs is 1. The third kappa shape index (κ3) is 5.52. The van der Waals surface area contributed by atoms with Crippen LogP contribution in [0.15, 0.2) is 113 Å². The van der Waals surface area contributed by atoms with Gasteiger partial charge >= 0.3 is 5.91 Å². The number of carbonyl (C=O) groups is 1. The molecule has 0 aliphatic carbocycles. The number of benzene rings is 4. The lowest BCUT2D eigenvalue weighted by Gasteiger charge is -2.02. The van der Waals surface area contributed by atoms with E-state index in [9.17, 15) is 9.18 Å². The molecule has 4 aromatic carbocycles. The minimum Gasteiger partial charge on any atom is -0.361 e. The third-order valence-corrected chi connectivity index (χ3v) is 6.05. The Kier molecular flexibility index (Phi) is 6.88. The zero-order valence-electron chi connectivity index (χ0n) is 19.6. The second-order valence-electron chi connectivity index (χ2n) is 8.55. The van der Waals surface area contributed by atoms with Gasteiger partial charge in [0.2, 0.25) is 10.0 Å². The van der Waals surface area contributed by atoms with Crippen LogP contribution in [-0.2, 0) is 12.8 Å². The second kappa shape index (κ2) is 10.7. The van der Waals surface area contributed by atoms with Gasteiger partial charge in [0.05, 0.1) is 0 Å². The topological polar surface area (TPSA) is 71.7 Å². The summed E-state index contributed by atoms with van der Waals surface area (Å²) in [5.41, 5.74) is 6.83. The molecule has 5 rings (SSSR count). The number of halogens is 1. The quantitative estimate of drug-likeness (QED) is 0.201. The number of aromatic amines is 1. The van der Waals surface area contributed by atoms with Crippen molar-refractivity contribution >= 4 is 16.8 Å². The standard InChI is InChI=1S/C30H23FN4O/c31-27-8-4-5-22(18-27)17-21-9-11-24(12-10-21)30(36)34-35-33-16-15-26-20-32-29-14-13-25(19-28(26)29)23-6-2-1-3-7-23/h1-14,18-20H,15-17H2/p+1. The summed E-state index contributed by atoms with van der Waals surface area (Å²) in [7, 11) is 0. The number of amides is 1. The Balaban J connectivity index is 1.19. The fourth-order valence-electron chi connectivity index (χ4n) is 4.19. The van der Waals surface area contributed by atoms with E-state index in [0.717, 1.165) is 33.2 Å². The molecule has 176 valence electrons. The highest BCUT2D eigenvalue weighted by Crippen LogP contribution is 2.26. The van der Waals surface area contributed by atoms with Gasteiger partial charge in [0.15, 0.2) is 0 Å². The van der Waals surface area contributed by atoms with Gasteiger partial charge < -0.3 is 4.98 Å². The summed E-state index contributed by atoms with van der Waals surface area (Å²) in [5, 5.41) is 8.94. The maximum absolute atomic E-state index is 13.4. The second-order valence-corrected chi connectivity index (χ2v) is 8.55. The number of hydrogen-bond donors (Lipinski definition) is 1. The van der Waals surface area contributed by atoms with E-state index < -0.39 is 5.91 Å². The fraction of sp³-hybridized carbons (Fsp3) is 0.100. The van der Waals surface area contributed by atoms with Crippen molar-refractivity contribution in [3.8, 4) is 11.1 Å². The van der Waals surface area contributed by atoms with Crippen LogP contribution in [-0.4, -0.2) is 17.4 Å². The van der Waals surface area contributed by atoms with Gasteiger partial charge in [-0.2, -0.15) is 0 Å². The van der Waals surface area contributed by atoms with Crippen molar-refractivity contribution in [3.63, 3.8) is 0 Å². The Bertz CT molecular complexity index is 1570. The van der Waals surface area contributed by atoms with Crippen LogP contribution < -0.4 is 4.91 Å². The summed E-state index contributed by atoms with van der Waals surface area (Å²) in [5.74, 6) is -0.708. The predicted molar refractivity (Wildman–Crippen MR) is 139 cm³/mol. The highest BCUT2D eigenvalue weighted by Gasteiger charge is 2.10. The van der Waals surface area contributed by atoms with Crippen molar-refractivity contribution < 1.29 is 9.18 Å². The molecule has 0 spiro atoms. The van der Waals surface area contributed by atoms with Crippen molar-refractivity contribution in [2.45, 2.75) is 12.8 Å². The predicted octanol–water partition coefficient (Wildman–Crippen LogP) is 6.92. The van der Waals surface area contributed by atoms with Gasteiger partial charge in [-0.05, 0) is 70.6 Å². The van der Waals surface area contributed by atoms with Gasteiger partial charge in [-0.15, -0.1) is 0 Å². The first kappa shape index (κ1) is 23.1. The van der Waals surface area contributed by atoms with Gasteiger partial charge in [-0.1, -0.05) is 60.7 Å². The Morgan fingerprint density at radius 3 is 2.47 bits per heavy atom. The third-order valence-electron chi connectivity index (χ3n) is 6.05. The van der Waals surface area contributed by atoms with E-state index in [0.29, 0.717) is 24.9 Å². The van der Waals surface area contributed by atoms with Crippen LogP contribution in [0.5, 0.6) is 0 Å². The van der Waals surface area contributed by atoms with E-state index in [1.54, 1.807) is 18.2 Å². The average molecular weight is 476 g/mol. The molecule has 0 radical (unpaired) electrons. The molecule has 6 heteroatoms. The number of nitrogens with zero attached hydrogens (tertiary/aromatic N) is 3. The summed E-state index contributed by atoms with van der Waals surface area (Å²) in [6.45, 7) is 0.422. The smallest absolute Gasteiger partial charge is 0.360 e. The summed E-state index contributed by atoms with van der Waals surface area (Å²) in [6.07, 6.45) is 3.26. The van der Waals surface area contributed by atoms with Gasteiger partial charge in [0, 0.05) is 29.1 Å². The zero-order valence-corrected chi connectivity index (χ0v) is 19.6. The van der Waals surface area contributed by atoms with Gasteiger partial charge in [0.1, 0.15) is 17.5 Å². The van der Waals surface area contributed by atoms with E-state index in [2.05, 4.69) is 50.5 Å². The molecule has 1 amide bonds. The molecule has 5 nitrogen and oxygen atoms in total. The first-order valence-corrected chi connectivity index (χ1v) is 11.8. The van der Waals surface area contributed by atoms with Crippen LogP contribution in [0.3, 0.4) is 0 Å². The molecule has 0 saturated heterocycles. The maximum atomic E-state index is 13.4. The van der Waals surface area contributed by atoms with Crippen molar-refractivity contribution in [1.29, 1.82) is 0 Å². The van der Waals surface area contributed by atoms with E-state index in [1.165, 1.54) is 17.7 Å². The molecule has 0 aliphatic rings. The van der Waals surface area contributed by atoms with Gasteiger partial charge in [0.25, 0.3) is 0 Å². The van der Waals surface area contributed by atoms with Crippen LogP contribution in [0.4, 0.5) is 4.39 Å². The van der Waals surface area contributed by atoms with Crippen molar-refractivity contribution in [1.82, 2.24) is 9.90 Å². The molecule has 0 fully saturated rings. The van der Waals surface area contributed by atoms with Crippen molar-refractivity contribution in [2.24, 2.45) is 10.2 Å². The van der Waals surface area contributed by atoms with Crippen LogP contribution >= 0.6 is 0 Å². The minimum atomic E-state index is -0.448. The summed E-state index contributed by atoms with van der Waals surface area (Å²) in [4.78, 5) is 19.4. The van der Waals surface area contributed by atoms with Crippen LogP contribution in [0.2, 0.25) is 0 Å². The molecule has 0 aliphatic heterocycles. The minimum absolute atomic E-state index is 0.259. The molecule has 1 N–H and O–H groups in total. The first-order chi connectivity index (χ1) is 17.7. The number of rotatable bonds is 7. The number of aromatic nitrogens is 1. The van der Waals surface area contributed by atoms with Crippen LogP contribution in [0.1, 0.15) is 27.0 Å². The Hall–Kier alpha value is -4.67. The van der Waals surface area contributed by atoms with Crippen LogP contribution in [0.25, 0.3) is 22.0 Å². The number of H-pyrrole nitrogens is 1. The molecule has 36 heavy (non-hydrogen) atoms. The molecule has 1 aromatic heterocycles. The van der Waals surface area contributed by atoms with Crippen molar-refractivity contribution in [3.05, 3.63) is 131 Å². The molecule has 0 unspecified atom stereocenters. The Morgan fingerprint density at radius 1 is 0.833 bits per heavy atom. The summed E-state index contributed by atoms with van der Waals surface area (Å²) < 4.78 is 13.4. The molecule has 0 saturated carbocycles. The molecule has 0 atom stereocenters. The lowest BCUT2D eigenvalue weighted by atomic mass is 10.0. The number of hydrogen-bond acceptors (Lipinski definition) is 2. The van der Waals surface area contributed by atoms with Crippen molar-refractivity contribution in [2.75, 3.05) is 6.54 Å². The van der Waals surface area contributed by atoms with E-state index in [-0.39, 0.29) is 5.82 Å². The Morgan fingerprint density at radius 2 is 1.67 bits per heavy atom. The normalized spacial score (nSPS) is 10.7.